The molecule has 0 aliphatic heterocycles. The lowest BCUT2D eigenvalue weighted by Crippen LogP contribution is -2.45. The molecule has 3 aromatic rings. The van der Waals surface area contributed by atoms with Crippen LogP contribution in [0.25, 0.3) is 0 Å². The van der Waals surface area contributed by atoms with Gasteiger partial charge in [0.05, 0.1) is 0 Å². The number of rotatable bonds is 6. The molecule has 0 atom stereocenters. The minimum atomic E-state index is -1.79. The van der Waals surface area contributed by atoms with E-state index < -0.39 is 16.2 Å². The number of benzene rings is 3. The second-order valence-electron chi connectivity index (χ2n) is 6.50. The van der Waals surface area contributed by atoms with Crippen LogP contribution < -0.4 is 21.1 Å². The number of hydrogen-bond donors (Lipinski definition) is 0. The fourth-order valence-corrected chi connectivity index (χ4v) is 7.20. The summed E-state index contributed by atoms with van der Waals surface area (Å²) in [6, 6.07) is 30.8. The first kappa shape index (κ1) is 18.1. The Balaban J connectivity index is 2.00. The lowest BCUT2D eigenvalue weighted by atomic mass is 10.3. The molecule has 0 radical (unpaired) electrons. The van der Waals surface area contributed by atoms with Crippen LogP contribution >= 0.6 is 7.92 Å². The molecule has 0 aliphatic carbocycles. The van der Waals surface area contributed by atoms with Crippen molar-refractivity contribution in [2.75, 3.05) is 6.61 Å². The van der Waals surface area contributed by atoms with Gasteiger partial charge in [-0.3, -0.25) is 0 Å². The maximum Gasteiger partial charge on any atom is 0.218 e. The molecule has 0 N–H and O–H groups in total. The summed E-state index contributed by atoms with van der Waals surface area (Å²) >= 11 is 0. The van der Waals surface area contributed by atoms with E-state index in [0.717, 1.165) is 6.61 Å². The van der Waals surface area contributed by atoms with E-state index >= 15 is 0 Å². The Labute approximate surface area is 153 Å². The highest BCUT2D eigenvalue weighted by molar-refractivity contribution is 7.79. The maximum atomic E-state index is 6.03. The van der Waals surface area contributed by atoms with Crippen molar-refractivity contribution < 1.29 is 4.43 Å². The van der Waals surface area contributed by atoms with Crippen LogP contribution in [0.1, 0.15) is 6.92 Å². The van der Waals surface area contributed by atoms with Gasteiger partial charge in [0.1, 0.15) is 0 Å². The van der Waals surface area contributed by atoms with Crippen LogP contribution in [0.5, 0.6) is 0 Å². The SMILES string of the molecule is CCO[Si](C)(C)c1ccc(P(c2ccccc2)c2ccccc2)cc1. The zero-order valence-electron chi connectivity index (χ0n) is 15.1. The van der Waals surface area contributed by atoms with E-state index in [0.29, 0.717) is 0 Å². The fraction of sp³-hybridized carbons (Fsp3) is 0.182. The summed E-state index contributed by atoms with van der Waals surface area (Å²) in [4.78, 5) is 0. The predicted molar refractivity (Wildman–Crippen MR) is 114 cm³/mol. The molecule has 3 heteroatoms. The molecule has 0 aliphatic rings. The summed E-state index contributed by atoms with van der Waals surface area (Å²) in [7, 11) is -2.32. The quantitative estimate of drug-likeness (QED) is 0.476. The third kappa shape index (κ3) is 4.27. The van der Waals surface area contributed by atoms with Crippen molar-refractivity contribution in [3.05, 3.63) is 84.9 Å². The molecule has 0 spiro atoms. The van der Waals surface area contributed by atoms with E-state index in [1.165, 1.54) is 21.1 Å². The Morgan fingerprint density at radius 2 is 1.12 bits per heavy atom. The fourth-order valence-electron chi connectivity index (χ4n) is 3.06. The van der Waals surface area contributed by atoms with Gasteiger partial charge in [0, 0.05) is 6.61 Å². The second kappa shape index (κ2) is 8.10. The zero-order chi connectivity index (χ0) is 17.7. The van der Waals surface area contributed by atoms with Crippen LogP contribution in [0.2, 0.25) is 13.1 Å². The standard InChI is InChI=1S/C22H25OPSi/c1-4-23-25(2,3)22-17-15-21(16-18-22)24(19-11-7-5-8-12-19)20-13-9-6-10-14-20/h5-18H,4H2,1-3H3. The molecule has 0 unspecified atom stereocenters. The molecule has 1 nitrogen and oxygen atoms in total. The highest BCUT2D eigenvalue weighted by Crippen LogP contribution is 2.32. The van der Waals surface area contributed by atoms with Crippen molar-refractivity contribution in [2.24, 2.45) is 0 Å². The second-order valence-corrected chi connectivity index (χ2v) is 12.6. The van der Waals surface area contributed by atoms with Gasteiger partial charge in [-0.05, 0) is 49.0 Å². The Hall–Kier alpha value is -1.73. The van der Waals surface area contributed by atoms with Gasteiger partial charge in [0.2, 0.25) is 8.32 Å². The summed E-state index contributed by atoms with van der Waals surface area (Å²) in [5.74, 6) is 0. The molecule has 3 rings (SSSR count). The van der Waals surface area contributed by atoms with Gasteiger partial charge in [-0.1, -0.05) is 84.9 Å². The van der Waals surface area contributed by atoms with Crippen LogP contribution in [0.15, 0.2) is 84.9 Å². The molecule has 0 saturated carbocycles. The lowest BCUT2D eigenvalue weighted by Gasteiger charge is -2.24. The molecule has 0 bridgehead atoms. The van der Waals surface area contributed by atoms with Gasteiger partial charge in [0.15, 0.2) is 0 Å². The molecule has 0 saturated heterocycles. The minimum absolute atomic E-state index is 0.527. The molecule has 128 valence electrons. The van der Waals surface area contributed by atoms with Gasteiger partial charge in [-0.25, -0.2) is 0 Å². The Bertz CT molecular complexity index is 746. The van der Waals surface area contributed by atoms with E-state index in [-0.39, 0.29) is 0 Å². The van der Waals surface area contributed by atoms with Crippen molar-refractivity contribution in [3.8, 4) is 0 Å². The molecule has 0 amide bonds. The van der Waals surface area contributed by atoms with Crippen molar-refractivity contribution in [2.45, 2.75) is 20.0 Å². The maximum absolute atomic E-state index is 6.03. The average Bonchev–Trinajstić information content (AvgIpc) is 2.64. The molecule has 0 fully saturated rings. The Morgan fingerprint density at radius 3 is 1.56 bits per heavy atom. The minimum Gasteiger partial charge on any atom is -0.413 e. The lowest BCUT2D eigenvalue weighted by molar-refractivity contribution is 0.339. The topological polar surface area (TPSA) is 9.23 Å². The summed E-state index contributed by atoms with van der Waals surface area (Å²) in [5, 5.41) is 5.52. The molecule has 0 heterocycles. The largest absolute Gasteiger partial charge is 0.413 e. The van der Waals surface area contributed by atoms with Crippen LogP contribution in [-0.2, 0) is 4.43 Å². The van der Waals surface area contributed by atoms with Crippen molar-refractivity contribution in [1.29, 1.82) is 0 Å². The molecule has 0 aromatic heterocycles. The predicted octanol–water partition coefficient (Wildman–Crippen LogP) is 3.89. The van der Waals surface area contributed by atoms with Gasteiger partial charge >= 0.3 is 0 Å². The first-order chi connectivity index (χ1) is 12.1. The highest BCUT2D eigenvalue weighted by atomic mass is 31.1. The average molecular weight is 365 g/mol. The summed E-state index contributed by atoms with van der Waals surface area (Å²) in [6.07, 6.45) is 0. The Kier molecular flexibility index (Phi) is 5.85. The number of hydrogen-bond acceptors (Lipinski definition) is 1. The van der Waals surface area contributed by atoms with E-state index in [1.807, 2.05) is 0 Å². The van der Waals surface area contributed by atoms with Crippen molar-refractivity contribution in [1.82, 2.24) is 0 Å². The molecular weight excluding hydrogens is 339 g/mol. The summed E-state index contributed by atoms with van der Waals surface area (Å²) in [6.45, 7) is 7.39. The monoisotopic (exact) mass is 364 g/mol. The first-order valence-electron chi connectivity index (χ1n) is 8.76. The van der Waals surface area contributed by atoms with Crippen LogP contribution in [0, 0.1) is 0 Å². The third-order valence-corrected chi connectivity index (χ3v) is 9.53. The van der Waals surface area contributed by atoms with E-state index in [2.05, 4.69) is 105 Å². The zero-order valence-corrected chi connectivity index (χ0v) is 17.0. The van der Waals surface area contributed by atoms with Gasteiger partial charge < -0.3 is 4.43 Å². The van der Waals surface area contributed by atoms with Gasteiger partial charge in [-0.15, -0.1) is 0 Å². The molecule has 25 heavy (non-hydrogen) atoms. The van der Waals surface area contributed by atoms with Crippen molar-refractivity contribution >= 4 is 37.3 Å². The normalized spacial score (nSPS) is 11.7. The van der Waals surface area contributed by atoms with Crippen LogP contribution in [0.3, 0.4) is 0 Å². The van der Waals surface area contributed by atoms with Gasteiger partial charge in [-0.2, -0.15) is 0 Å². The third-order valence-electron chi connectivity index (χ3n) is 4.35. The van der Waals surface area contributed by atoms with Crippen LogP contribution in [0.4, 0.5) is 0 Å². The van der Waals surface area contributed by atoms with Gasteiger partial charge in [0.25, 0.3) is 0 Å². The smallest absolute Gasteiger partial charge is 0.218 e. The summed E-state index contributed by atoms with van der Waals surface area (Å²) in [5.41, 5.74) is 0. The first-order valence-corrected chi connectivity index (χ1v) is 13.0. The van der Waals surface area contributed by atoms with Crippen LogP contribution in [-0.4, -0.2) is 14.9 Å². The van der Waals surface area contributed by atoms with Crippen molar-refractivity contribution in [3.63, 3.8) is 0 Å². The summed E-state index contributed by atoms with van der Waals surface area (Å²) < 4.78 is 6.03. The van der Waals surface area contributed by atoms with E-state index in [4.69, 9.17) is 4.43 Å². The highest BCUT2D eigenvalue weighted by Gasteiger charge is 2.25. The van der Waals surface area contributed by atoms with E-state index in [9.17, 15) is 0 Å². The van der Waals surface area contributed by atoms with E-state index in [1.54, 1.807) is 0 Å². The Morgan fingerprint density at radius 1 is 0.680 bits per heavy atom. The molecule has 3 aromatic carbocycles. The molecular formula is C22H25OPSi.